The molecular formula is C16H14BrClN2O2. The lowest BCUT2D eigenvalue weighted by Crippen LogP contribution is -2.36. The van der Waals surface area contributed by atoms with Gasteiger partial charge >= 0.3 is 11.8 Å². The van der Waals surface area contributed by atoms with Crippen molar-refractivity contribution in [1.82, 2.24) is 5.32 Å². The average molecular weight is 382 g/mol. The molecule has 0 aliphatic rings. The van der Waals surface area contributed by atoms with Crippen LogP contribution in [-0.4, -0.2) is 18.4 Å². The van der Waals surface area contributed by atoms with Gasteiger partial charge in [-0.3, -0.25) is 9.59 Å². The second-order valence-corrected chi connectivity index (χ2v) is 5.95. The molecule has 0 atom stereocenters. The number of hydrogen-bond donors (Lipinski definition) is 2. The summed E-state index contributed by atoms with van der Waals surface area (Å²) in [6.45, 7) is 0.381. The van der Waals surface area contributed by atoms with Gasteiger partial charge in [-0.15, -0.1) is 0 Å². The minimum absolute atomic E-state index is 0.381. The molecule has 6 heteroatoms. The monoisotopic (exact) mass is 380 g/mol. The van der Waals surface area contributed by atoms with Crippen LogP contribution in [-0.2, 0) is 16.0 Å². The predicted molar refractivity (Wildman–Crippen MR) is 90.9 cm³/mol. The number of benzene rings is 2. The molecule has 2 rings (SSSR count). The Hall–Kier alpha value is -1.85. The lowest BCUT2D eigenvalue weighted by molar-refractivity contribution is -0.136. The molecule has 4 nitrogen and oxygen atoms in total. The summed E-state index contributed by atoms with van der Waals surface area (Å²) >= 11 is 9.10. The van der Waals surface area contributed by atoms with Gasteiger partial charge in [-0.05, 0) is 42.3 Å². The SMILES string of the molecule is O=C(NCCc1ccc(Cl)cc1)C(=O)Nc1cccc(Br)c1. The van der Waals surface area contributed by atoms with E-state index in [-0.39, 0.29) is 0 Å². The molecule has 2 aromatic rings. The van der Waals surface area contributed by atoms with E-state index in [0.29, 0.717) is 23.7 Å². The van der Waals surface area contributed by atoms with Crippen molar-refractivity contribution >= 4 is 45.0 Å². The topological polar surface area (TPSA) is 58.2 Å². The summed E-state index contributed by atoms with van der Waals surface area (Å²) in [7, 11) is 0. The van der Waals surface area contributed by atoms with Crippen molar-refractivity contribution in [3.8, 4) is 0 Å². The van der Waals surface area contributed by atoms with Crippen molar-refractivity contribution in [3.63, 3.8) is 0 Å². The first-order valence-electron chi connectivity index (χ1n) is 6.64. The number of rotatable bonds is 4. The third kappa shape index (κ3) is 5.16. The normalized spacial score (nSPS) is 10.1. The van der Waals surface area contributed by atoms with Crippen molar-refractivity contribution in [2.24, 2.45) is 0 Å². The Labute approximate surface area is 142 Å². The largest absolute Gasteiger partial charge is 0.347 e. The molecule has 0 unspecified atom stereocenters. The van der Waals surface area contributed by atoms with E-state index in [1.807, 2.05) is 18.2 Å². The van der Waals surface area contributed by atoms with E-state index in [4.69, 9.17) is 11.6 Å². The highest BCUT2D eigenvalue weighted by Crippen LogP contribution is 2.15. The Morgan fingerprint density at radius 1 is 1.05 bits per heavy atom. The van der Waals surface area contributed by atoms with Gasteiger partial charge in [0.25, 0.3) is 0 Å². The van der Waals surface area contributed by atoms with Gasteiger partial charge < -0.3 is 10.6 Å². The zero-order chi connectivity index (χ0) is 15.9. The van der Waals surface area contributed by atoms with Crippen molar-refractivity contribution in [1.29, 1.82) is 0 Å². The highest BCUT2D eigenvalue weighted by molar-refractivity contribution is 9.10. The van der Waals surface area contributed by atoms with Crippen molar-refractivity contribution < 1.29 is 9.59 Å². The van der Waals surface area contributed by atoms with E-state index in [1.54, 1.807) is 30.3 Å². The lowest BCUT2D eigenvalue weighted by Gasteiger charge is -2.07. The van der Waals surface area contributed by atoms with Gasteiger partial charge in [0.1, 0.15) is 0 Å². The number of nitrogens with one attached hydrogen (secondary N) is 2. The van der Waals surface area contributed by atoms with E-state index in [1.165, 1.54) is 0 Å². The zero-order valence-corrected chi connectivity index (χ0v) is 13.9. The molecule has 2 aromatic carbocycles. The Bertz CT molecular complexity index is 674. The number of halogens is 2. The van der Waals surface area contributed by atoms with Crippen LogP contribution < -0.4 is 10.6 Å². The number of hydrogen-bond acceptors (Lipinski definition) is 2. The minimum atomic E-state index is -0.686. The molecule has 0 aromatic heterocycles. The second-order valence-electron chi connectivity index (χ2n) is 4.60. The molecular weight excluding hydrogens is 368 g/mol. The zero-order valence-electron chi connectivity index (χ0n) is 11.6. The summed E-state index contributed by atoms with van der Waals surface area (Å²) in [5, 5.41) is 5.79. The Morgan fingerprint density at radius 3 is 2.45 bits per heavy atom. The Balaban J connectivity index is 1.79. The fourth-order valence-electron chi connectivity index (χ4n) is 1.81. The summed E-state index contributed by atoms with van der Waals surface area (Å²) in [6, 6.07) is 14.4. The molecule has 0 bridgehead atoms. The van der Waals surface area contributed by atoms with E-state index >= 15 is 0 Å². The summed E-state index contributed by atoms with van der Waals surface area (Å²) in [5.74, 6) is -1.34. The minimum Gasteiger partial charge on any atom is -0.347 e. The average Bonchev–Trinajstić information content (AvgIpc) is 2.49. The van der Waals surface area contributed by atoms with Crippen LogP contribution in [0.5, 0.6) is 0 Å². The molecule has 0 heterocycles. The maximum atomic E-state index is 11.8. The van der Waals surface area contributed by atoms with Crippen LogP contribution in [0.25, 0.3) is 0 Å². The number of carbonyl (C=O) groups excluding carboxylic acids is 2. The third-order valence-electron chi connectivity index (χ3n) is 2.90. The van der Waals surface area contributed by atoms with Crippen LogP contribution in [0.4, 0.5) is 5.69 Å². The van der Waals surface area contributed by atoms with E-state index in [0.717, 1.165) is 10.0 Å². The Kier molecular flexibility index (Phi) is 5.98. The quantitative estimate of drug-likeness (QED) is 0.798. The first-order chi connectivity index (χ1) is 10.5. The summed E-state index contributed by atoms with van der Waals surface area (Å²) in [6.07, 6.45) is 0.632. The van der Waals surface area contributed by atoms with Crippen LogP contribution in [0.2, 0.25) is 5.02 Å². The molecule has 0 saturated carbocycles. The molecule has 0 spiro atoms. The molecule has 0 saturated heterocycles. The first-order valence-corrected chi connectivity index (χ1v) is 7.81. The highest BCUT2D eigenvalue weighted by Gasteiger charge is 2.13. The lowest BCUT2D eigenvalue weighted by atomic mass is 10.1. The second kappa shape index (κ2) is 7.96. The van der Waals surface area contributed by atoms with Gasteiger partial charge in [0.15, 0.2) is 0 Å². The van der Waals surface area contributed by atoms with Crippen LogP contribution in [0.1, 0.15) is 5.56 Å². The van der Waals surface area contributed by atoms with Crippen LogP contribution >= 0.6 is 27.5 Å². The molecule has 22 heavy (non-hydrogen) atoms. The van der Waals surface area contributed by atoms with Crippen LogP contribution in [0.15, 0.2) is 53.0 Å². The first kappa shape index (κ1) is 16.5. The molecule has 2 N–H and O–H groups in total. The number of amides is 2. The smallest absolute Gasteiger partial charge is 0.313 e. The standard InChI is InChI=1S/C16H14BrClN2O2/c17-12-2-1-3-14(10-12)20-16(22)15(21)19-9-8-11-4-6-13(18)7-5-11/h1-7,10H,8-9H2,(H,19,21)(H,20,22). The molecule has 0 aliphatic carbocycles. The van der Waals surface area contributed by atoms with Gasteiger partial charge in [0, 0.05) is 21.7 Å². The van der Waals surface area contributed by atoms with Gasteiger partial charge in [-0.25, -0.2) is 0 Å². The maximum Gasteiger partial charge on any atom is 0.313 e. The van der Waals surface area contributed by atoms with Gasteiger partial charge in [0.2, 0.25) is 0 Å². The maximum absolute atomic E-state index is 11.8. The third-order valence-corrected chi connectivity index (χ3v) is 3.65. The van der Waals surface area contributed by atoms with Crippen LogP contribution in [0, 0.1) is 0 Å². The number of carbonyl (C=O) groups is 2. The number of anilines is 1. The van der Waals surface area contributed by atoms with E-state index in [9.17, 15) is 9.59 Å². The van der Waals surface area contributed by atoms with Crippen molar-refractivity contribution in [2.75, 3.05) is 11.9 Å². The summed E-state index contributed by atoms with van der Waals surface area (Å²) in [5.41, 5.74) is 1.60. The van der Waals surface area contributed by atoms with Gasteiger partial charge in [-0.2, -0.15) is 0 Å². The Morgan fingerprint density at radius 2 is 1.77 bits per heavy atom. The summed E-state index contributed by atoms with van der Waals surface area (Å²) < 4.78 is 0.827. The van der Waals surface area contributed by atoms with Crippen molar-refractivity contribution in [2.45, 2.75) is 6.42 Å². The fourth-order valence-corrected chi connectivity index (χ4v) is 2.33. The fraction of sp³-hybridized carbons (Fsp3) is 0.125. The molecule has 0 aliphatic heterocycles. The molecule has 0 fully saturated rings. The molecule has 0 radical (unpaired) electrons. The van der Waals surface area contributed by atoms with E-state index < -0.39 is 11.8 Å². The van der Waals surface area contributed by atoms with Crippen molar-refractivity contribution in [3.05, 3.63) is 63.6 Å². The molecule has 2 amide bonds. The van der Waals surface area contributed by atoms with Crippen LogP contribution in [0.3, 0.4) is 0 Å². The van der Waals surface area contributed by atoms with Gasteiger partial charge in [-0.1, -0.05) is 45.7 Å². The van der Waals surface area contributed by atoms with Gasteiger partial charge in [0.05, 0.1) is 0 Å². The van der Waals surface area contributed by atoms with E-state index in [2.05, 4.69) is 26.6 Å². The molecule has 114 valence electrons. The summed E-state index contributed by atoms with van der Waals surface area (Å²) in [4.78, 5) is 23.5. The highest BCUT2D eigenvalue weighted by atomic mass is 79.9. The predicted octanol–water partition coefficient (Wildman–Crippen LogP) is 3.40.